The van der Waals surface area contributed by atoms with Crippen LogP contribution in [0, 0.1) is 12.7 Å². The van der Waals surface area contributed by atoms with Crippen LogP contribution in [0.25, 0.3) is 0 Å². The first-order valence-electron chi connectivity index (χ1n) is 6.28. The maximum atomic E-state index is 14.2. The van der Waals surface area contributed by atoms with Crippen LogP contribution in [0.2, 0.25) is 0 Å². The molecule has 1 aromatic carbocycles. The summed E-state index contributed by atoms with van der Waals surface area (Å²) in [6, 6.07) is 6.85. The average Bonchev–Trinajstić information content (AvgIpc) is 2.83. The van der Waals surface area contributed by atoms with Crippen LogP contribution in [0.4, 0.5) is 4.39 Å². The van der Waals surface area contributed by atoms with Crippen LogP contribution in [-0.2, 0) is 0 Å². The molecule has 0 saturated heterocycles. The number of methoxy groups -OCH3 is 1. The highest BCUT2D eigenvalue weighted by Crippen LogP contribution is 2.33. The van der Waals surface area contributed by atoms with Crippen molar-refractivity contribution in [2.24, 2.45) is 0 Å². The van der Waals surface area contributed by atoms with Gasteiger partial charge in [0.25, 0.3) is 0 Å². The number of aryl methyl sites for hydroxylation is 1. The maximum absolute atomic E-state index is 14.2. The Morgan fingerprint density at radius 3 is 2.79 bits per heavy atom. The number of ether oxygens (including phenoxy) is 1. The zero-order valence-electron chi connectivity index (χ0n) is 11.4. The van der Waals surface area contributed by atoms with E-state index in [-0.39, 0.29) is 11.9 Å². The monoisotopic (exact) mass is 279 g/mol. The standard InChI is InChI=1S/C15H18FNOS/c1-4-17-15(11-8-10(2)19-9-11)14-12(16)6-5-7-13(14)18-3/h5-9,15,17H,4H2,1-3H3. The molecule has 0 aliphatic carbocycles. The predicted octanol–water partition coefficient (Wildman–Crippen LogP) is 3.90. The van der Waals surface area contributed by atoms with E-state index in [0.29, 0.717) is 11.3 Å². The second-order valence-corrected chi connectivity index (χ2v) is 5.45. The molecule has 1 N–H and O–H groups in total. The first-order valence-corrected chi connectivity index (χ1v) is 7.16. The molecule has 0 aliphatic heterocycles. The number of rotatable bonds is 5. The number of thiophene rings is 1. The lowest BCUT2D eigenvalue weighted by Gasteiger charge is -2.20. The summed E-state index contributed by atoms with van der Waals surface area (Å²) >= 11 is 1.67. The Morgan fingerprint density at radius 2 is 2.21 bits per heavy atom. The Labute approximate surface area is 117 Å². The minimum atomic E-state index is -0.242. The lowest BCUT2D eigenvalue weighted by molar-refractivity contribution is 0.397. The highest BCUT2D eigenvalue weighted by Gasteiger charge is 2.22. The third kappa shape index (κ3) is 2.96. The summed E-state index contributed by atoms with van der Waals surface area (Å²) in [5.74, 6) is 0.337. The molecule has 0 radical (unpaired) electrons. The summed E-state index contributed by atoms with van der Waals surface area (Å²) in [4.78, 5) is 1.22. The average molecular weight is 279 g/mol. The van der Waals surface area contributed by atoms with Gasteiger partial charge in [0.2, 0.25) is 0 Å². The van der Waals surface area contributed by atoms with Gasteiger partial charge in [-0.1, -0.05) is 13.0 Å². The highest BCUT2D eigenvalue weighted by atomic mass is 32.1. The van der Waals surface area contributed by atoms with Crippen molar-refractivity contribution in [3.63, 3.8) is 0 Å². The number of halogens is 1. The van der Waals surface area contributed by atoms with Gasteiger partial charge in [-0.25, -0.2) is 4.39 Å². The lowest BCUT2D eigenvalue weighted by atomic mass is 9.99. The van der Waals surface area contributed by atoms with E-state index < -0.39 is 0 Å². The summed E-state index contributed by atoms with van der Waals surface area (Å²) < 4.78 is 19.5. The summed E-state index contributed by atoms with van der Waals surface area (Å²) in [5, 5.41) is 5.39. The van der Waals surface area contributed by atoms with Crippen molar-refractivity contribution < 1.29 is 9.13 Å². The molecule has 2 aromatic rings. The Balaban J connectivity index is 2.50. The minimum absolute atomic E-state index is 0.175. The van der Waals surface area contributed by atoms with Crippen molar-refractivity contribution in [3.8, 4) is 5.75 Å². The van der Waals surface area contributed by atoms with E-state index in [0.717, 1.165) is 12.1 Å². The molecule has 102 valence electrons. The molecule has 1 unspecified atom stereocenters. The van der Waals surface area contributed by atoms with Gasteiger partial charge in [-0.2, -0.15) is 0 Å². The maximum Gasteiger partial charge on any atom is 0.132 e. The van der Waals surface area contributed by atoms with Crippen LogP contribution in [-0.4, -0.2) is 13.7 Å². The Hall–Kier alpha value is -1.39. The fourth-order valence-corrected chi connectivity index (χ4v) is 2.91. The molecular formula is C15H18FNOS. The van der Waals surface area contributed by atoms with Gasteiger partial charge in [-0.15, -0.1) is 11.3 Å². The van der Waals surface area contributed by atoms with Gasteiger partial charge >= 0.3 is 0 Å². The lowest BCUT2D eigenvalue weighted by Crippen LogP contribution is -2.23. The molecule has 4 heteroatoms. The summed E-state index contributed by atoms with van der Waals surface area (Å²) in [5.41, 5.74) is 1.65. The number of hydrogen-bond acceptors (Lipinski definition) is 3. The van der Waals surface area contributed by atoms with Crippen LogP contribution in [0.3, 0.4) is 0 Å². The second-order valence-electron chi connectivity index (χ2n) is 4.34. The molecule has 2 rings (SSSR count). The van der Waals surface area contributed by atoms with Crippen LogP contribution in [0.15, 0.2) is 29.6 Å². The van der Waals surface area contributed by atoms with E-state index >= 15 is 0 Å². The molecule has 1 heterocycles. The van der Waals surface area contributed by atoms with Crippen LogP contribution < -0.4 is 10.1 Å². The molecule has 0 aliphatic rings. The van der Waals surface area contributed by atoms with Crippen molar-refractivity contribution >= 4 is 11.3 Å². The fraction of sp³-hybridized carbons (Fsp3) is 0.333. The summed E-state index contributed by atoms with van der Waals surface area (Å²) in [7, 11) is 1.57. The fourth-order valence-electron chi connectivity index (χ4n) is 2.18. The minimum Gasteiger partial charge on any atom is -0.496 e. The quantitative estimate of drug-likeness (QED) is 0.896. The van der Waals surface area contributed by atoms with Gasteiger partial charge in [0, 0.05) is 4.88 Å². The van der Waals surface area contributed by atoms with E-state index in [4.69, 9.17) is 4.74 Å². The third-order valence-corrected chi connectivity index (χ3v) is 3.89. The van der Waals surface area contributed by atoms with Crippen LogP contribution >= 0.6 is 11.3 Å². The summed E-state index contributed by atoms with van der Waals surface area (Å²) in [6.07, 6.45) is 0. The molecular weight excluding hydrogens is 261 g/mol. The molecule has 0 amide bonds. The molecule has 0 saturated carbocycles. The van der Waals surface area contributed by atoms with Gasteiger partial charge in [0.05, 0.1) is 18.7 Å². The zero-order chi connectivity index (χ0) is 13.8. The van der Waals surface area contributed by atoms with E-state index in [1.807, 2.05) is 6.92 Å². The normalized spacial score (nSPS) is 12.4. The van der Waals surface area contributed by atoms with Gasteiger partial charge in [0.1, 0.15) is 11.6 Å². The first-order chi connectivity index (χ1) is 9.17. The topological polar surface area (TPSA) is 21.3 Å². The van der Waals surface area contributed by atoms with E-state index in [1.165, 1.54) is 10.9 Å². The molecule has 19 heavy (non-hydrogen) atoms. The third-order valence-electron chi connectivity index (χ3n) is 3.01. The molecule has 2 nitrogen and oxygen atoms in total. The van der Waals surface area contributed by atoms with Crippen LogP contribution in [0.5, 0.6) is 5.75 Å². The second kappa shape index (κ2) is 6.17. The van der Waals surface area contributed by atoms with Gasteiger partial charge in [-0.05, 0) is 42.6 Å². The molecule has 0 fully saturated rings. The Morgan fingerprint density at radius 1 is 1.42 bits per heavy atom. The van der Waals surface area contributed by atoms with E-state index in [1.54, 1.807) is 30.6 Å². The first kappa shape index (κ1) is 14.0. The smallest absolute Gasteiger partial charge is 0.132 e. The molecule has 0 spiro atoms. The van der Waals surface area contributed by atoms with Gasteiger partial charge in [0.15, 0.2) is 0 Å². The number of nitrogens with one attached hydrogen (secondary N) is 1. The van der Waals surface area contributed by atoms with E-state index in [2.05, 4.69) is 23.7 Å². The van der Waals surface area contributed by atoms with Gasteiger partial charge < -0.3 is 10.1 Å². The van der Waals surface area contributed by atoms with Crippen molar-refractivity contribution in [1.29, 1.82) is 0 Å². The molecule has 1 aromatic heterocycles. The van der Waals surface area contributed by atoms with Crippen molar-refractivity contribution in [2.75, 3.05) is 13.7 Å². The molecule has 1 atom stereocenters. The zero-order valence-corrected chi connectivity index (χ0v) is 12.2. The van der Waals surface area contributed by atoms with Gasteiger partial charge in [-0.3, -0.25) is 0 Å². The largest absolute Gasteiger partial charge is 0.496 e. The number of benzene rings is 1. The van der Waals surface area contributed by atoms with Crippen molar-refractivity contribution in [3.05, 3.63) is 51.5 Å². The molecule has 0 bridgehead atoms. The van der Waals surface area contributed by atoms with Crippen LogP contribution in [0.1, 0.15) is 29.0 Å². The van der Waals surface area contributed by atoms with Crippen molar-refractivity contribution in [1.82, 2.24) is 5.32 Å². The SMILES string of the molecule is CCNC(c1csc(C)c1)c1c(F)cccc1OC. The Kier molecular flexibility index (Phi) is 4.56. The van der Waals surface area contributed by atoms with Crippen molar-refractivity contribution in [2.45, 2.75) is 19.9 Å². The Bertz CT molecular complexity index is 553. The van der Waals surface area contributed by atoms with E-state index in [9.17, 15) is 4.39 Å². The predicted molar refractivity (Wildman–Crippen MR) is 77.5 cm³/mol. The highest BCUT2D eigenvalue weighted by molar-refractivity contribution is 7.10. The number of hydrogen-bond donors (Lipinski definition) is 1. The summed E-state index contributed by atoms with van der Waals surface area (Å²) in [6.45, 7) is 4.83.